The van der Waals surface area contributed by atoms with Gasteiger partial charge in [0, 0.05) is 49.0 Å². The molecule has 0 saturated carbocycles. The molecule has 126 valence electrons. The Bertz CT molecular complexity index is 700. The van der Waals surface area contributed by atoms with Gasteiger partial charge in [-0.25, -0.2) is 4.98 Å². The highest BCUT2D eigenvalue weighted by atomic mass is 32.1. The van der Waals surface area contributed by atoms with Gasteiger partial charge >= 0.3 is 0 Å². The van der Waals surface area contributed by atoms with Crippen molar-refractivity contribution in [2.75, 3.05) is 31.6 Å². The molecule has 1 aliphatic heterocycles. The van der Waals surface area contributed by atoms with Crippen LogP contribution >= 0.6 is 11.3 Å². The van der Waals surface area contributed by atoms with Gasteiger partial charge in [-0.3, -0.25) is 4.79 Å². The van der Waals surface area contributed by atoms with Gasteiger partial charge in [0.25, 0.3) is 0 Å². The van der Waals surface area contributed by atoms with Crippen molar-refractivity contribution in [1.82, 2.24) is 10.3 Å². The Morgan fingerprint density at radius 2 is 2.46 bits per heavy atom. The fourth-order valence-corrected chi connectivity index (χ4v) is 3.34. The molecule has 1 aromatic heterocycles. The summed E-state index contributed by atoms with van der Waals surface area (Å²) in [5.41, 5.74) is 1.17. The van der Waals surface area contributed by atoms with E-state index in [0.717, 1.165) is 30.3 Å². The number of nitrogens with one attached hydrogen (secondary N) is 1. The molecule has 2 aromatic rings. The predicted molar refractivity (Wildman–Crippen MR) is 97.5 cm³/mol. The lowest BCUT2D eigenvalue weighted by molar-refractivity contribution is -0.116. The largest absolute Gasteiger partial charge is 0.497 e. The van der Waals surface area contributed by atoms with Crippen LogP contribution in [0.4, 0.5) is 5.69 Å². The maximum absolute atomic E-state index is 11.9. The first-order valence-electron chi connectivity index (χ1n) is 7.99. The lowest BCUT2D eigenvalue weighted by Gasteiger charge is -2.19. The van der Waals surface area contributed by atoms with Crippen LogP contribution in [-0.2, 0) is 4.79 Å². The third-order valence-corrected chi connectivity index (χ3v) is 4.84. The number of carbonyl (C=O) groups excluding carboxylic acids is 1. The molecule has 5 nitrogen and oxygen atoms in total. The average molecular weight is 343 g/mol. The zero-order chi connectivity index (χ0) is 16.8. The monoisotopic (exact) mass is 343 g/mol. The Morgan fingerprint density at radius 1 is 1.54 bits per heavy atom. The van der Waals surface area contributed by atoms with Gasteiger partial charge in [-0.05, 0) is 30.5 Å². The molecule has 24 heavy (non-hydrogen) atoms. The summed E-state index contributed by atoms with van der Waals surface area (Å²) in [6.07, 6.45) is 6.10. The minimum Gasteiger partial charge on any atom is -0.497 e. The maximum Gasteiger partial charge on any atom is 0.244 e. The first kappa shape index (κ1) is 16.5. The number of ether oxygens (including phenoxy) is 1. The Balaban J connectivity index is 1.46. The van der Waals surface area contributed by atoms with Gasteiger partial charge in [-0.2, -0.15) is 0 Å². The lowest BCUT2D eigenvalue weighted by Crippen LogP contribution is -2.29. The molecule has 1 aliphatic rings. The quantitative estimate of drug-likeness (QED) is 0.820. The van der Waals surface area contributed by atoms with Crippen LogP contribution in [0.3, 0.4) is 0 Å². The number of nitrogens with zero attached hydrogens (tertiary/aromatic N) is 2. The Kier molecular flexibility index (Phi) is 5.48. The van der Waals surface area contributed by atoms with E-state index in [1.165, 1.54) is 17.0 Å². The Morgan fingerprint density at radius 3 is 3.25 bits per heavy atom. The van der Waals surface area contributed by atoms with Gasteiger partial charge in [0.15, 0.2) is 0 Å². The van der Waals surface area contributed by atoms with Gasteiger partial charge in [0.05, 0.1) is 7.11 Å². The van der Waals surface area contributed by atoms with Gasteiger partial charge in [0.1, 0.15) is 10.8 Å². The summed E-state index contributed by atoms with van der Waals surface area (Å²) in [4.78, 5) is 18.3. The van der Waals surface area contributed by atoms with E-state index >= 15 is 0 Å². The molecule has 0 spiro atoms. The minimum atomic E-state index is -0.0648. The molecule has 1 atom stereocenters. The highest BCUT2D eigenvalue weighted by Gasteiger charge is 2.23. The van der Waals surface area contributed by atoms with Crippen LogP contribution in [0.5, 0.6) is 5.75 Å². The number of amides is 1. The first-order chi connectivity index (χ1) is 11.7. The number of methoxy groups -OCH3 is 1. The standard InChI is InChI=1S/C18H21N3O2S/c1-23-16-4-2-3-15(11-16)21-9-7-14(13-21)12-20-17(22)5-6-18-19-8-10-24-18/h2-6,8,10-11,14H,7,9,12-13H2,1H3,(H,20,22)/b6-5-/t14-/m1/s1. The summed E-state index contributed by atoms with van der Waals surface area (Å²) in [5.74, 6) is 1.27. The molecule has 0 bridgehead atoms. The zero-order valence-electron chi connectivity index (χ0n) is 13.6. The molecule has 3 rings (SSSR count). The second-order valence-electron chi connectivity index (χ2n) is 5.75. The van der Waals surface area contributed by atoms with Crippen LogP contribution in [0.2, 0.25) is 0 Å². The van der Waals surface area contributed by atoms with Crippen LogP contribution in [-0.4, -0.2) is 37.6 Å². The van der Waals surface area contributed by atoms with Crippen molar-refractivity contribution in [3.05, 3.63) is 46.9 Å². The predicted octanol–water partition coefficient (Wildman–Crippen LogP) is 2.81. The number of hydrogen-bond acceptors (Lipinski definition) is 5. The third-order valence-electron chi connectivity index (χ3n) is 4.10. The number of hydrogen-bond donors (Lipinski definition) is 1. The van der Waals surface area contributed by atoms with Gasteiger partial charge in [-0.1, -0.05) is 6.07 Å². The number of rotatable bonds is 6. The lowest BCUT2D eigenvalue weighted by atomic mass is 10.1. The number of aromatic nitrogens is 1. The highest BCUT2D eigenvalue weighted by molar-refractivity contribution is 7.10. The smallest absolute Gasteiger partial charge is 0.244 e. The summed E-state index contributed by atoms with van der Waals surface area (Å²) in [6.45, 7) is 2.65. The molecular formula is C18H21N3O2S. The van der Waals surface area contributed by atoms with Crippen LogP contribution in [0.15, 0.2) is 41.9 Å². The summed E-state index contributed by atoms with van der Waals surface area (Å²) in [7, 11) is 1.68. The van der Waals surface area contributed by atoms with Crippen LogP contribution in [0.25, 0.3) is 6.08 Å². The molecule has 1 saturated heterocycles. The second-order valence-corrected chi connectivity index (χ2v) is 6.68. The SMILES string of the molecule is COc1cccc(N2CC[C@H](CNC(=O)/C=C\c3nccs3)C2)c1. The van der Waals surface area contributed by atoms with E-state index in [4.69, 9.17) is 4.74 Å². The van der Waals surface area contributed by atoms with Crippen LogP contribution in [0, 0.1) is 5.92 Å². The van der Waals surface area contributed by atoms with Crippen molar-refractivity contribution < 1.29 is 9.53 Å². The molecule has 1 aromatic carbocycles. The minimum absolute atomic E-state index is 0.0648. The van der Waals surface area contributed by atoms with E-state index in [-0.39, 0.29) is 5.91 Å². The third kappa shape index (κ3) is 4.35. The van der Waals surface area contributed by atoms with Gasteiger partial charge in [-0.15, -0.1) is 11.3 Å². The van der Waals surface area contributed by atoms with Crippen molar-refractivity contribution in [1.29, 1.82) is 0 Å². The van der Waals surface area contributed by atoms with Gasteiger partial charge < -0.3 is 15.0 Å². The zero-order valence-corrected chi connectivity index (χ0v) is 14.5. The molecule has 1 amide bonds. The number of carbonyl (C=O) groups is 1. The fraction of sp³-hybridized carbons (Fsp3) is 0.333. The van der Waals surface area contributed by atoms with E-state index in [0.29, 0.717) is 12.5 Å². The fourth-order valence-electron chi connectivity index (χ4n) is 2.81. The molecule has 0 aliphatic carbocycles. The highest BCUT2D eigenvalue weighted by Crippen LogP contribution is 2.26. The second kappa shape index (κ2) is 7.97. The van der Waals surface area contributed by atoms with Crippen molar-refractivity contribution >= 4 is 29.0 Å². The van der Waals surface area contributed by atoms with Gasteiger partial charge in [0.2, 0.25) is 5.91 Å². The average Bonchev–Trinajstić information content (AvgIpc) is 3.30. The number of thiazole rings is 1. The Hall–Kier alpha value is -2.34. The number of anilines is 1. The van der Waals surface area contributed by atoms with E-state index in [9.17, 15) is 4.79 Å². The summed E-state index contributed by atoms with van der Waals surface area (Å²) in [5, 5.41) is 5.72. The number of benzene rings is 1. The van der Waals surface area contributed by atoms with Crippen LogP contribution < -0.4 is 15.0 Å². The molecule has 1 fully saturated rings. The van der Waals surface area contributed by atoms with E-state index in [1.54, 1.807) is 25.5 Å². The first-order valence-corrected chi connectivity index (χ1v) is 8.87. The molecule has 6 heteroatoms. The van der Waals surface area contributed by atoms with Crippen molar-refractivity contribution in [3.63, 3.8) is 0 Å². The summed E-state index contributed by atoms with van der Waals surface area (Å²) < 4.78 is 5.28. The molecule has 0 unspecified atom stereocenters. The molecule has 0 radical (unpaired) electrons. The van der Waals surface area contributed by atoms with Crippen molar-refractivity contribution in [2.24, 2.45) is 5.92 Å². The van der Waals surface area contributed by atoms with Crippen LogP contribution in [0.1, 0.15) is 11.4 Å². The maximum atomic E-state index is 11.9. The normalized spacial score (nSPS) is 17.4. The van der Waals surface area contributed by atoms with E-state index < -0.39 is 0 Å². The molecule has 2 heterocycles. The van der Waals surface area contributed by atoms with Crippen molar-refractivity contribution in [2.45, 2.75) is 6.42 Å². The Labute approximate surface area is 146 Å². The topological polar surface area (TPSA) is 54.5 Å². The van der Waals surface area contributed by atoms with E-state index in [1.807, 2.05) is 17.5 Å². The van der Waals surface area contributed by atoms with E-state index in [2.05, 4.69) is 27.3 Å². The molecular weight excluding hydrogens is 322 g/mol. The summed E-state index contributed by atoms with van der Waals surface area (Å²) >= 11 is 1.51. The summed E-state index contributed by atoms with van der Waals surface area (Å²) in [6, 6.07) is 8.11. The van der Waals surface area contributed by atoms with Crippen molar-refractivity contribution in [3.8, 4) is 5.75 Å². The molecule has 1 N–H and O–H groups in total.